The van der Waals surface area contributed by atoms with Gasteiger partial charge in [-0.25, -0.2) is 14.8 Å². The fraction of sp³-hybridized carbons (Fsp3) is 0.111. The molecule has 0 atom stereocenters. The molecule has 4 heterocycles. The number of pyridine rings is 1. The molecule has 7 nitrogen and oxygen atoms in total. The van der Waals surface area contributed by atoms with Crippen molar-refractivity contribution in [1.82, 2.24) is 19.5 Å². The van der Waals surface area contributed by atoms with Crippen molar-refractivity contribution in [3.8, 4) is 39.3 Å². The number of hydrogen-bond acceptors (Lipinski definition) is 6. The summed E-state index contributed by atoms with van der Waals surface area (Å²) in [5.74, 6) is 0.197. The molecule has 12 rings (SSSR count). The van der Waals surface area contributed by atoms with E-state index in [1.165, 1.54) is 18.1 Å². The zero-order valence-corrected chi connectivity index (χ0v) is 33.9. The Kier molecular flexibility index (Phi) is 7.63. The van der Waals surface area contributed by atoms with Gasteiger partial charge in [0, 0.05) is 33.3 Å². The minimum atomic E-state index is -0.390. The first-order valence-electron chi connectivity index (χ1n) is 20.7. The van der Waals surface area contributed by atoms with Gasteiger partial charge in [0.05, 0.1) is 29.4 Å². The molecule has 4 aromatic heterocycles. The van der Waals surface area contributed by atoms with Crippen molar-refractivity contribution in [3.63, 3.8) is 0 Å². The standard InChI is InChI=1S/C54H38N4O3/c1-54(2)43-19-11-15-34-27-35(30-41(47(34)43)38-18-12-26-55-51(38)54)36-24-22-32(29-42(36)52(59)60-3)33-23-25-45-40(28-33)37-16-7-9-20-44(37)58(45)53-56-48(31-13-5-4-6-14-31)50-49(57-53)39-17-8-10-21-46(39)61-50/h4-5,7-13,15-30H,6,14H2,1-3H3. The number of furan rings is 1. The topological polar surface area (TPSA) is 83.0 Å². The van der Waals surface area contributed by atoms with Crippen LogP contribution < -0.4 is 0 Å². The number of allylic oxidation sites excluding steroid dienone is 4. The maximum atomic E-state index is 13.7. The number of fused-ring (bicyclic) bond motifs is 8. The Morgan fingerprint density at radius 3 is 2.43 bits per heavy atom. The van der Waals surface area contributed by atoms with Crippen LogP contribution >= 0.6 is 0 Å². The van der Waals surface area contributed by atoms with Crippen LogP contribution in [0.1, 0.15) is 54.0 Å². The number of rotatable bonds is 5. The molecule has 0 saturated carbocycles. The number of aromatic nitrogens is 4. The summed E-state index contributed by atoms with van der Waals surface area (Å²) in [6.07, 6.45) is 10.1. The molecule has 0 unspecified atom stereocenters. The van der Waals surface area contributed by atoms with E-state index in [1.54, 1.807) is 0 Å². The Labute approximate surface area is 351 Å². The molecule has 0 saturated heterocycles. The second-order valence-electron chi connectivity index (χ2n) is 16.6. The summed E-state index contributed by atoms with van der Waals surface area (Å²) in [4.78, 5) is 29.1. The van der Waals surface area contributed by atoms with E-state index < -0.39 is 0 Å². The molecular weight excluding hydrogens is 753 g/mol. The van der Waals surface area contributed by atoms with E-state index in [2.05, 4.69) is 134 Å². The number of hydrogen-bond donors (Lipinski definition) is 0. The van der Waals surface area contributed by atoms with E-state index in [4.69, 9.17) is 24.1 Å². The van der Waals surface area contributed by atoms with Crippen molar-refractivity contribution in [2.45, 2.75) is 32.1 Å². The highest BCUT2D eigenvalue weighted by molar-refractivity contribution is 6.12. The van der Waals surface area contributed by atoms with E-state index in [9.17, 15) is 4.79 Å². The Hall–Kier alpha value is -7.64. The highest BCUT2D eigenvalue weighted by atomic mass is 16.5. The molecule has 0 bridgehead atoms. The number of para-hydroxylation sites is 2. The van der Waals surface area contributed by atoms with Crippen molar-refractivity contribution in [2.75, 3.05) is 7.11 Å². The molecule has 61 heavy (non-hydrogen) atoms. The van der Waals surface area contributed by atoms with Gasteiger partial charge < -0.3 is 9.15 Å². The van der Waals surface area contributed by atoms with Gasteiger partial charge in [0.25, 0.3) is 0 Å². The van der Waals surface area contributed by atoms with Crippen LogP contribution in [0.25, 0.3) is 99.5 Å². The molecular formula is C54H38N4O3. The molecule has 0 fully saturated rings. The van der Waals surface area contributed by atoms with Crippen molar-refractivity contribution in [3.05, 3.63) is 174 Å². The first-order chi connectivity index (χ1) is 29.9. The van der Waals surface area contributed by atoms with Crippen molar-refractivity contribution in [1.29, 1.82) is 0 Å². The lowest BCUT2D eigenvalue weighted by molar-refractivity contribution is 0.0601. The van der Waals surface area contributed by atoms with Crippen LogP contribution in [-0.4, -0.2) is 32.6 Å². The lowest BCUT2D eigenvalue weighted by Gasteiger charge is -2.34. The third kappa shape index (κ3) is 5.23. The van der Waals surface area contributed by atoms with Gasteiger partial charge in [-0.15, -0.1) is 0 Å². The Balaban J connectivity index is 1.02. The summed E-state index contributed by atoms with van der Waals surface area (Å²) in [6, 6.07) is 44.1. The van der Waals surface area contributed by atoms with Crippen LogP contribution in [0.2, 0.25) is 0 Å². The number of ether oxygens (including phenoxy) is 1. The van der Waals surface area contributed by atoms with Gasteiger partial charge in [-0.2, -0.15) is 0 Å². The molecule has 292 valence electrons. The summed E-state index contributed by atoms with van der Waals surface area (Å²) >= 11 is 0. The number of nitrogens with zero attached hydrogens (tertiary/aromatic N) is 4. The molecule has 2 aliphatic rings. The second-order valence-corrected chi connectivity index (χ2v) is 16.6. The van der Waals surface area contributed by atoms with Crippen molar-refractivity contribution < 1.29 is 13.9 Å². The molecule has 0 aliphatic heterocycles. The maximum absolute atomic E-state index is 13.7. The molecule has 0 radical (unpaired) electrons. The Morgan fingerprint density at radius 1 is 0.738 bits per heavy atom. The predicted octanol–water partition coefficient (Wildman–Crippen LogP) is 13.2. The first kappa shape index (κ1) is 35.3. The zero-order chi connectivity index (χ0) is 41.0. The average Bonchev–Trinajstić information content (AvgIpc) is 3.85. The second kappa shape index (κ2) is 13.2. The van der Waals surface area contributed by atoms with Crippen LogP contribution in [0, 0.1) is 0 Å². The summed E-state index contributed by atoms with van der Waals surface area (Å²) in [6.45, 7) is 4.49. The van der Waals surface area contributed by atoms with Crippen LogP contribution in [-0.2, 0) is 10.2 Å². The molecule has 0 N–H and O–H groups in total. The van der Waals surface area contributed by atoms with E-state index >= 15 is 0 Å². The highest BCUT2D eigenvalue weighted by Gasteiger charge is 2.35. The van der Waals surface area contributed by atoms with Crippen LogP contribution in [0.4, 0.5) is 0 Å². The van der Waals surface area contributed by atoms with Crippen molar-refractivity contribution >= 4 is 66.2 Å². The summed E-state index contributed by atoms with van der Waals surface area (Å²) in [5, 5.41) is 5.44. The van der Waals surface area contributed by atoms with Crippen LogP contribution in [0.3, 0.4) is 0 Å². The van der Waals surface area contributed by atoms with Crippen LogP contribution in [0.5, 0.6) is 0 Å². The number of esters is 1. The van der Waals surface area contributed by atoms with Gasteiger partial charge in [-0.1, -0.05) is 105 Å². The molecule has 6 aromatic carbocycles. The van der Waals surface area contributed by atoms with Gasteiger partial charge in [0.15, 0.2) is 5.58 Å². The van der Waals surface area contributed by atoms with E-state index in [0.29, 0.717) is 17.1 Å². The lowest BCUT2D eigenvalue weighted by Crippen LogP contribution is -2.25. The predicted molar refractivity (Wildman–Crippen MR) is 245 cm³/mol. The third-order valence-electron chi connectivity index (χ3n) is 12.8. The number of carbonyl (C=O) groups excluding carboxylic acids is 1. The average molecular weight is 791 g/mol. The Morgan fingerprint density at radius 2 is 1.56 bits per heavy atom. The van der Waals surface area contributed by atoms with Gasteiger partial charge >= 0.3 is 5.97 Å². The normalized spacial score (nSPS) is 14.2. The van der Waals surface area contributed by atoms with Gasteiger partial charge in [0.2, 0.25) is 5.95 Å². The van der Waals surface area contributed by atoms with E-state index in [-0.39, 0.29) is 11.4 Å². The maximum Gasteiger partial charge on any atom is 0.338 e. The van der Waals surface area contributed by atoms with Gasteiger partial charge in [-0.05, 0) is 117 Å². The first-order valence-corrected chi connectivity index (χ1v) is 20.7. The quantitative estimate of drug-likeness (QED) is 0.161. The molecule has 0 spiro atoms. The largest absolute Gasteiger partial charge is 0.465 e. The van der Waals surface area contributed by atoms with E-state index in [1.807, 2.05) is 36.5 Å². The molecule has 7 heteroatoms. The van der Waals surface area contributed by atoms with Gasteiger partial charge in [-0.3, -0.25) is 9.55 Å². The fourth-order valence-corrected chi connectivity index (χ4v) is 9.88. The van der Waals surface area contributed by atoms with Gasteiger partial charge in [0.1, 0.15) is 16.8 Å². The zero-order valence-electron chi connectivity index (χ0n) is 33.9. The molecule has 0 amide bonds. The molecule has 2 aliphatic carbocycles. The molecule has 10 aromatic rings. The highest BCUT2D eigenvalue weighted by Crippen LogP contribution is 2.49. The van der Waals surface area contributed by atoms with Crippen molar-refractivity contribution in [2.24, 2.45) is 0 Å². The van der Waals surface area contributed by atoms with Crippen LogP contribution in [0.15, 0.2) is 156 Å². The number of benzene rings is 6. The minimum absolute atomic E-state index is 0.250. The summed E-state index contributed by atoms with van der Waals surface area (Å²) < 4.78 is 14.1. The Bertz CT molecular complexity index is 3590. The smallest absolute Gasteiger partial charge is 0.338 e. The fourth-order valence-electron chi connectivity index (χ4n) is 9.88. The third-order valence-corrected chi connectivity index (χ3v) is 12.8. The minimum Gasteiger partial charge on any atom is -0.465 e. The summed E-state index contributed by atoms with van der Waals surface area (Å²) in [7, 11) is 1.44. The number of methoxy groups -OCH3 is 1. The monoisotopic (exact) mass is 790 g/mol. The number of carbonyl (C=O) groups is 1. The van der Waals surface area contributed by atoms with E-state index in [0.717, 1.165) is 107 Å². The summed E-state index contributed by atoms with van der Waals surface area (Å²) in [5.41, 5.74) is 14.6. The lowest BCUT2D eigenvalue weighted by atomic mass is 9.70. The SMILES string of the molecule is COC(=O)c1cc(-c2ccc3c(c2)c2ccccc2n3-c2nc(C3=CC=CCC3)c3oc4ccccc4c3n2)ccc1-c1cc2c3c(cccc3c1)C(C)(C)c1ncccc1-2.